The molecule has 0 radical (unpaired) electrons. The first-order chi connectivity index (χ1) is 16.2. The van der Waals surface area contributed by atoms with E-state index in [4.69, 9.17) is 13.9 Å². The number of methoxy groups -OCH3 is 1. The number of fused-ring (bicyclic) bond motifs is 1. The summed E-state index contributed by atoms with van der Waals surface area (Å²) in [5.41, 5.74) is 1.94. The summed E-state index contributed by atoms with van der Waals surface area (Å²) in [6, 6.07) is 11.6. The van der Waals surface area contributed by atoms with Crippen LogP contribution in [-0.2, 0) is 20.7 Å². The number of nitrogens with one attached hydrogen (secondary N) is 1. The van der Waals surface area contributed by atoms with Crippen LogP contribution in [0.4, 0.5) is 5.69 Å². The third kappa shape index (κ3) is 5.89. The number of hydrogen-bond acceptors (Lipinski definition) is 7. The molecule has 0 saturated heterocycles. The number of carbonyl (C=O) groups is 3. The van der Waals surface area contributed by atoms with E-state index in [1.165, 1.54) is 7.11 Å². The predicted octanol–water partition coefficient (Wildman–Crippen LogP) is 4.06. The maximum atomic E-state index is 12.4. The monoisotopic (exact) mass is 465 g/mol. The van der Waals surface area contributed by atoms with Gasteiger partial charge in [0, 0.05) is 40.6 Å². The van der Waals surface area contributed by atoms with Crippen LogP contribution in [0.15, 0.2) is 51.7 Å². The van der Waals surface area contributed by atoms with Crippen molar-refractivity contribution in [2.24, 2.45) is 5.92 Å². The average molecular weight is 466 g/mol. The van der Waals surface area contributed by atoms with Gasteiger partial charge >= 0.3 is 11.6 Å². The minimum absolute atomic E-state index is 0.0687. The highest BCUT2D eigenvalue weighted by atomic mass is 16.5. The maximum Gasteiger partial charge on any atom is 0.339 e. The van der Waals surface area contributed by atoms with E-state index in [0.29, 0.717) is 28.1 Å². The molecular formula is C26H27NO7. The number of esters is 1. The van der Waals surface area contributed by atoms with E-state index in [1.54, 1.807) is 63.2 Å². The Labute approximate surface area is 196 Å². The molecule has 0 atom stereocenters. The molecule has 1 N–H and O–H groups in total. The van der Waals surface area contributed by atoms with Crippen LogP contribution >= 0.6 is 0 Å². The topological polar surface area (TPSA) is 112 Å². The number of ketones is 1. The zero-order chi connectivity index (χ0) is 24.8. The van der Waals surface area contributed by atoms with Crippen LogP contribution in [0.5, 0.6) is 5.75 Å². The lowest BCUT2D eigenvalue weighted by atomic mass is 10.0. The van der Waals surface area contributed by atoms with Gasteiger partial charge in [-0.1, -0.05) is 13.8 Å². The van der Waals surface area contributed by atoms with Gasteiger partial charge in [-0.25, -0.2) is 4.79 Å². The van der Waals surface area contributed by atoms with Crippen molar-refractivity contribution in [3.8, 4) is 5.75 Å². The lowest BCUT2D eigenvalue weighted by molar-refractivity contribution is -0.142. The molecule has 1 heterocycles. The zero-order valence-electron chi connectivity index (χ0n) is 19.6. The van der Waals surface area contributed by atoms with Crippen LogP contribution < -0.4 is 15.7 Å². The van der Waals surface area contributed by atoms with Crippen LogP contribution in [0.3, 0.4) is 0 Å². The third-order valence-electron chi connectivity index (χ3n) is 5.44. The minimum Gasteiger partial charge on any atom is -0.497 e. The maximum absolute atomic E-state index is 12.4. The minimum atomic E-state index is -0.595. The zero-order valence-corrected chi connectivity index (χ0v) is 19.6. The van der Waals surface area contributed by atoms with Gasteiger partial charge in [0.2, 0.25) is 5.91 Å². The fourth-order valence-corrected chi connectivity index (χ4v) is 3.35. The van der Waals surface area contributed by atoms with E-state index < -0.39 is 18.2 Å². The van der Waals surface area contributed by atoms with Gasteiger partial charge in [-0.3, -0.25) is 14.4 Å². The summed E-state index contributed by atoms with van der Waals surface area (Å²) in [4.78, 5) is 48.7. The fraction of sp³-hybridized carbons (Fsp3) is 0.308. The van der Waals surface area contributed by atoms with Gasteiger partial charge < -0.3 is 19.2 Å². The molecule has 3 rings (SSSR count). The van der Waals surface area contributed by atoms with E-state index in [0.717, 1.165) is 10.9 Å². The summed E-state index contributed by atoms with van der Waals surface area (Å²) in [6.07, 6.45) is 0.0636. The molecule has 3 aromatic rings. The van der Waals surface area contributed by atoms with Gasteiger partial charge in [0.25, 0.3) is 0 Å². The normalized spacial score (nSPS) is 10.9. The molecular weight excluding hydrogens is 438 g/mol. The summed E-state index contributed by atoms with van der Waals surface area (Å²) in [5.74, 6) is -0.670. The van der Waals surface area contributed by atoms with Crippen molar-refractivity contribution >= 4 is 34.3 Å². The Bertz CT molecular complexity index is 1270. The molecule has 0 fully saturated rings. The number of aryl methyl sites for hydroxylation is 1. The van der Waals surface area contributed by atoms with E-state index in [-0.39, 0.29) is 30.4 Å². The number of carbonyl (C=O) groups excluding carboxylic acids is 3. The molecule has 0 aliphatic carbocycles. The van der Waals surface area contributed by atoms with Gasteiger partial charge in [-0.05, 0) is 55.3 Å². The molecule has 2 aromatic carbocycles. The molecule has 0 bridgehead atoms. The SMILES string of the molecule is COc1ccc2c(C)c(CCC(=O)OCC(=O)c3ccc(NC(=O)C(C)C)cc3)c(=O)oc2c1. The number of benzene rings is 2. The third-order valence-corrected chi connectivity index (χ3v) is 5.44. The van der Waals surface area contributed by atoms with Crippen LogP contribution in [0.25, 0.3) is 11.0 Å². The van der Waals surface area contributed by atoms with Crippen LogP contribution in [0, 0.1) is 12.8 Å². The molecule has 34 heavy (non-hydrogen) atoms. The average Bonchev–Trinajstić information content (AvgIpc) is 2.82. The van der Waals surface area contributed by atoms with E-state index >= 15 is 0 Å². The number of Topliss-reactive ketones (excluding diaryl/α,β-unsaturated/α-hetero) is 1. The van der Waals surface area contributed by atoms with Gasteiger partial charge in [-0.2, -0.15) is 0 Å². The van der Waals surface area contributed by atoms with Crippen LogP contribution in [-0.4, -0.2) is 31.4 Å². The lowest BCUT2D eigenvalue weighted by Crippen LogP contribution is -2.18. The summed E-state index contributed by atoms with van der Waals surface area (Å²) in [7, 11) is 1.53. The second-order valence-electron chi connectivity index (χ2n) is 8.16. The van der Waals surface area contributed by atoms with Crippen molar-refractivity contribution in [2.75, 3.05) is 19.0 Å². The number of hydrogen-bond donors (Lipinski definition) is 1. The first kappa shape index (κ1) is 24.7. The molecule has 0 saturated carbocycles. The van der Waals surface area contributed by atoms with Gasteiger partial charge in [0.1, 0.15) is 11.3 Å². The molecule has 1 amide bonds. The molecule has 8 heteroatoms. The quantitative estimate of drug-likeness (QED) is 0.288. The van der Waals surface area contributed by atoms with Crippen molar-refractivity contribution in [3.05, 3.63) is 69.6 Å². The molecule has 0 aliphatic rings. The Kier molecular flexibility index (Phi) is 7.83. The Morgan fingerprint density at radius 3 is 2.41 bits per heavy atom. The van der Waals surface area contributed by atoms with Gasteiger partial charge in [0.15, 0.2) is 12.4 Å². The fourth-order valence-electron chi connectivity index (χ4n) is 3.35. The Morgan fingerprint density at radius 1 is 1.06 bits per heavy atom. The van der Waals surface area contributed by atoms with E-state index in [2.05, 4.69) is 5.32 Å². The van der Waals surface area contributed by atoms with Crippen LogP contribution in [0.2, 0.25) is 0 Å². The second-order valence-corrected chi connectivity index (χ2v) is 8.16. The Morgan fingerprint density at radius 2 is 1.76 bits per heavy atom. The smallest absolute Gasteiger partial charge is 0.339 e. The molecule has 178 valence electrons. The number of amides is 1. The lowest BCUT2D eigenvalue weighted by Gasteiger charge is -2.09. The molecule has 1 aromatic heterocycles. The van der Waals surface area contributed by atoms with Crippen molar-refractivity contribution in [1.82, 2.24) is 0 Å². The van der Waals surface area contributed by atoms with Crippen molar-refractivity contribution < 1.29 is 28.3 Å². The molecule has 8 nitrogen and oxygen atoms in total. The summed E-state index contributed by atoms with van der Waals surface area (Å²) in [5, 5.41) is 3.50. The highest BCUT2D eigenvalue weighted by Crippen LogP contribution is 2.24. The predicted molar refractivity (Wildman–Crippen MR) is 127 cm³/mol. The van der Waals surface area contributed by atoms with Crippen molar-refractivity contribution in [3.63, 3.8) is 0 Å². The molecule has 0 aliphatic heterocycles. The van der Waals surface area contributed by atoms with Crippen molar-refractivity contribution in [2.45, 2.75) is 33.6 Å². The van der Waals surface area contributed by atoms with Crippen molar-refractivity contribution in [1.29, 1.82) is 0 Å². The molecule has 0 unspecified atom stereocenters. The van der Waals surface area contributed by atoms with E-state index in [9.17, 15) is 19.2 Å². The molecule has 0 spiro atoms. The van der Waals surface area contributed by atoms with Gasteiger partial charge in [-0.15, -0.1) is 0 Å². The highest BCUT2D eigenvalue weighted by Gasteiger charge is 2.16. The summed E-state index contributed by atoms with van der Waals surface area (Å²) < 4.78 is 15.6. The summed E-state index contributed by atoms with van der Waals surface area (Å²) in [6.45, 7) is 4.95. The number of anilines is 1. The first-order valence-corrected chi connectivity index (χ1v) is 10.9. The first-order valence-electron chi connectivity index (χ1n) is 10.9. The van der Waals surface area contributed by atoms with Gasteiger partial charge in [0.05, 0.1) is 7.11 Å². The number of ether oxygens (including phenoxy) is 2. The second kappa shape index (κ2) is 10.8. The largest absolute Gasteiger partial charge is 0.497 e. The highest BCUT2D eigenvalue weighted by molar-refractivity contribution is 5.99. The number of rotatable bonds is 9. The Balaban J connectivity index is 1.56. The summed E-state index contributed by atoms with van der Waals surface area (Å²) >= 11 is 0. The van der Waals surface area contributed by atoms with E-state index in [1.807, 2.05) is 0 Å². The Hall–Kier alpha value is -3.94. The standard InChI is InChI=1S/C26H27NO7/c1-15(2)25(30)27-18-7-5-17(6-8-18)22(28)14-33-24(29)12-11-21-16(3)20-10-9-19(32-4)13-23(20)34-26(21)31/h5-10,13,15H,11-12,14H2,1-4H3,(H,27,30). The van der Waals surface area contributed by atoms with Crippen LogP contribution in [0.1, 0.15) is 41.8 Å².